The Morgan fingerprint density at radius 3 is 2.50 bits per heavy atom. The lowest BCUT2D eigenvalue weighted by Gasteiger charge is -2.23. The second-order valence-electron chi connectivity index (χ2n) is 7.45. The molecule has 3 nitrogen and oxygen atoms in total. The first kappa shape index (κ1) is 17.1. The highest BCUT2D eigenvalue weighted by Gasteiger charge is 2.19. The van der Waals surface area contributed by atoms with Gasteiger partial charge in [-0.15, -0.1) is 0 Å². The van der Waals surface area contributed by atoms with Crippen LogP contribution in [-0.2, 0) is 0 Å². The van der Waals surface area contributed by atoms with Crippen LogP contribution < -0.4 is 5.32 Å². The Balaban J connectivity index is 1.69. The molecule has 1 aliphatic heterocycles. The van der Waals surface area contributed by atoms with Crippen molar-refractivity contribution in [1.29, 1.82) is 0 Å². The van der Waals surface area contributed by atoms with Gasteiger partial charge in [0, 0.05) is 34.4 Å². The van der Waals surface area contributed by atoms with Crippen LogP contribution in [0, 0.1) is 5.82 Å². The minimum atomic E-state index is -0.226. The molecule has 1 fully saturated rings. The van der Waals surface area contributed by atoms with Crippen molar-refractivity contribution in [2.24, 2.45) is 0 Å². The zero-order valence-electron chi connectivity index (χ0n) is 15.6. The first-order valence-corrected chi connectivity index (χ1v) is 9.82. The standard InChI is InChI=1S/C24H22FN3/c25-20-6-3-17(4-7-20)24-23(19-2-1-11-27-15-19)21-8-5-18(14-22(21)28-24)16-9-12-26-13-10-16/h1-8,11,14-16,26,28H,9-10,12-13H2. The van der Waals surface area contributed by atoms with Gasteiger partial charge >= 0.3 is 0 Å². The van der Waals surface area contributed by atoms with Crippen LogP contribution in [0.15, 0.2) is 67.0 Å². The van der Waals surface area contributed by atoms with E-state index in [0.717, 1.165) is 41.0 Å². The van der Waals surface area contributed by atoms with Gasteiger partial charge in [-0.1, -0.05) is 18.2 Å². The van der Waals surface area contributed by atoms with Gasteiger partial charge in [-0.3, -0.25) is 4.98 Å². The van der Waals surface area contributed by atoms with E-state index in [9.17, 15) is 4.39 Å². The van der Waals surface area contributed by atoms with Crippen molar-refractivity contribution in [2.45, 2.75) is 18.8 Å². The molecule has 1 aliphatic rings. The number of aromatic nitrogens is 2. The summed E-state index contributed by atoms with van der Waals surface area (Å²) in [5.74, 6) is 0.376. The SMILES string of the molecule is Fc1ccc(-c2[nH]c3cc(C4CCNCC4)ccc3c2-c2cccnc2)cc1. The number of hydrogen-bond acceptors (Lipinski definition) is 2. The molecule has 0 atom stereocenters. The fourth-order valence-corrected chi connectivity index (χ4v) is 4.27. The van der Waals surface area contributed by atoms with Crippen molar-refractivity contribution >= 4 is 10.9 Å². The Bertz CT molecular complexity index is 1090. The number of piperidine rings is 1. The molecule has 2 N–H and O–H groups in total. The summed E-state index contributed by atoms with van der Waals surface area (Å²) >= 11 is 0. The third-order valence-corrected chi connectivity index (χ3v) is 5.72. The minimum absolute atomic E-state index is 0.226. The summed E-state index contributed by atoms with van der Waals surface area (Å²) in [6.07, 6.45) is 6.01. The average Bonchev–Trinajstić information content (AvgIpc) is 3.14. The van der Waals surface area contributed by atoms with E-state index in [1.165, 1.54) is 35.9 Å². The second-order valence-corrected chi connectivity index (χ2v) is 7.45. The van der Waals surface area contributed by atoms with Gasteiger partial charge in [0.25, 0.3) is 0 Å². The summed E-state index contributed by atoms with van der Waals surface area (Å²) in [6, 6.07) is 17.5. The molecule has 2 aromatic carbocycles. The highest BCUT2D eigenvalue weighted by atomic mass is 19.1. The third kappa shape index (κ3) is 3.10. The quantitative estimate of drug-likeness (QED) is 0.499. The molecule has 0 bridgehead atoms. The fraction of sp³-hybridized carbons (Fsp3) is 0.208. The molecule has 0 amide bonds. The van der Waals surface area contributed by atoms with E-state index >= 15 is 0 Å². The number of hydrogen-bond donors (Lipinski definition) is 2. The van der Waals surface area contributed by atoms with Crippen LogP contribution in [0.5, 0.6) is 0 Å². The number of halogens is 1. The van der Waals surface area contributed by atoms with E-state index in [2.05, 4.69) is 39.6 Å². The molecule has 4 heteroatoms. The van der Waals surface area contributed by atoms with Crippen LogP contribution in [-0.4, -0.2) is 23.1 Å². The van der Waals surface area contributed by atoms with E-state index in [1.807, 2.05) is 24.4 Å². The molecular formula is C24H22FN3. The smallest absolute Gasteiger partial charge is 0.123 e. The van der Waals surface area contributed by atoms with E-state index in [4.69, 9.17) is 0 Å². The highest BCUT2D eigenvalue weighted by molar-refractivity contribution is 6.03. The number of H-pyrrole nitrogens is 1. The first-order chi connectivity index (χ1) is 13.8. The molecule has 0 unspecified atom stereocenters. The van der Waals surface area contributed by atoms with E-state index in [1.54, 1.807) is 6.20 Å². The molecule has 0 saturated carbocycles. The predicted molar refractivity (Wildman–Crippen MR) is 112 cm³/mol. The summed E-state index contributed by atoms with van der Waals surface area (Å²) in [6.45, 7) is 2.16. The first-order valence-electron chi connectivity index (χ1n) is 9.82. The molecule has 0 spiro atoms. The molecule has 0 radical (unpaired) electrons. The monoisotopic (exact) mass is 371 g/mol. The fourth-order valence-electron chi connectivity index (χ4n) is 4.27. The highest BCUT2D eigenvalue weighted by Crippen LogP contribution is 2.39. The van der Waals surface area contributed by atoms with Gasteiger partial charge in [-0.05, 0) is 79.4 Å². The lowest BCUT2D eigenvalue weighted by atomic mass is 9.89. The molecule has 5 rings (SSSR count). The summed E-state index contributed by atoms with van der Waals surface area (Å²) in [5, 5.41) is 4.61. The maximum absolute atomic E-state index is 13.5. The number of pyridine rings is 1. The Kier molecular flexibility index (Phi) is 4.41. The minimum Gasteiger partial charge on any atom is -0.354 e. The summed E-state index contributed by atoms with van der Waals surface area (Å²) in [7, 11) is 0. The molecular weight excluding hydrogens is 349 g/mol. The largest absolute Gasteiger partial charge is 0.354 e. The number of benzene rings is 2. The van der Waals surface area contributed by atoms with Gasteiger partial charge in [-0.2, -0.15) is 0 Å². The van der Waals surface area contributed by atoms with Crippen molar-refractivity contribution < 1.29 is 4.39 Å². The Morgan fingerprint density at radius 1 is 0.929 bits per heavy atom. The molecule has 0 aliphatic carbocycles. The molecule has 4 aromatic rings. The average molecular weight is 371 g/mol. The summed E-state index contributed by atoms with van der Waals surface area (Å²) < 4.78 is 13.5. The zero-order chi connectivity index (χ0) is 18.9. The predicted octanol–water partition coefficient (Wildman–Crippen LogP) is 5.50. The number of nitrogens with one attached hydrogen (secondary N) is 2. The lowest BCUT2D eigenvalue weighted by Crippen LogP contribution is -2.26. The van der Waals surface area contributed by atoms with Crippen LogP contribution in [0.3, 0.4) is 0 Å². The van der Waals surface area contributed by atoms with Crippen LogP contribution >= 0.6 is 0 Å². The third-order valence-electron chi connectivity index (χ3n) is 5.72. The summed E-state index contributed by atoms with van der Waals surface area (Å²) in [5.41, 5.74) is 6.66. The maximum atomic E-state index is 13.5. The van der Waals surface area contributed by atoms with Crippen molar-refractivity contribution in [1.82, 2.24) is 15.3 Å². The Hall–Kier alpha value is -2.98. The maximum Gasteiger partial charge on any atom is 0.123 e. The van der Waals surface area contributed by atoms with Crippen molar-refractivity contribution in [2.75, 3.05) is 13.1 Å². The van der Waals surface area contributed by atoms with Crippen LogP contribution in [0.2, 0.25) is 0 Å². The van der Waals surface area contributed by atoms with E-state index < -0.39 is 0 Å². The van der Waals surface area contributed by atoms with Crippen LogP contribution in [0.1, 0.15) is 24.3 Å². The van der Waals surface area contributed by atoms with E-state index in [-0.39, 0.29) is 5.82 Å². The Labute approximate surface area is 163 Å². The number of rotatable bonds is 3. The molecule has 2 aromatic heterocycles. The van der Waals surface area contributed by atoms with Gasteiger partial charge in [0.05, 0.1) is 5.69 Å². The number of aromatic amines is 1. The topological polar surface area (TPSA) is 40.7 Å². The van der Waals surface area contributed by atoms with Crippen LogP contribution in [0.25, 0.3) is 33.3 Å². The molecule has 1 saturated heterocycles. The zero-order valence-corrected chi connectivity index (χ0v) is 15.6. The van der Waals surface area contributed by atoms with E-state index in [0.29, 0.717) is 5.92 Å². The van der Waals surface area contributed by atoms with Gasteiger partial charge in [0.1, 0.15) is 5.82 Å². The normalized spacial score (nSPS) is 15.2. The van der Waals surface area contributed by atoms with Gasteiger partial charge in [0.15, 0.2) is 0 Å². The second kappa shape index (κ2) is 7.21. The summed E-state index contributed by atoms with van der Waals surface area (Å²) in [4.78, 5) is 7.92. The van der Waals surface area contributed by atoms with Gasteiger partial charge in [-0.25, -0.2) is 4.39 Å². The Morgan fingerprint density at radius 2 is 1.75 bits per heavy atom. The van der Waals surface area contributed by atoms with Crippen molar-refractivity contribution in [3.05, 3.63) is 78.4 Å². The van der Waals surface area contributed by atoms with Crippen molar-refractivity contribution in [3.63, 3.8) is 0 Å². The molecule has 28 heavy (non-hydrogen) atoms. The molecule has 140 valence electrons. The van der Waals surface area contributed by atoms with Crippen molar-refractivity contribution in [3.8, 4) is 22.4 Å². The molecule has 3 heterocycles. The number of fused-ring (bicyclic) bond motifs is 1. The van der Waals surface area contributed by atoms with Gasteiger partial charge < -0.3 is 10.3 Å². The number of nitrogens with zero attached hydrogens (tertiary/aromatic N) is 1. The lowest BCUT2D eigenvalue weighted by molar-refractivity contribution is 0.460. The van der Waals surface area contributed by atoms with Gasteiger partial charge in [0.2, 0.25) is 0 Å². The van der Waals surface area contributed by atoms with Crippen LogP contribution in [0.4, 0.5) is 4.39 Å².